The van der Waals surface area contributed by atoms with Crippen LogP contribution in [0.1, 0.15) is 56.4 Å². The van der Waals surface area contributed by atoms with E-state index < -0.39 is 31.3 Å². The van der Waals surface area contributed by atoms with Crippen LogP contribution in [0, 0.1) is 0 Å². The van der Waals surface area contributed by atoms with Gasteiger partial charge in [-0.3, -0.25) is 0 Å². The molecule has 0 fully saturated rings. The number of para-hydroxylation sites is 1. The van der Waals surface area contributed by atoms with E-state index in [0.29, 0.717) is 0 Å². The summed E-state index contributed by atoms with van der Waals surface area (Å²) in [7, 11) is -11.2. The van der Waals surface area contributed by atoms with Crippen LogP contribution in [0.15, 0.2) is 103 Å². The van der Waals surface area contributed by atoms with E-state index in [1.165, 1.54) is 0 Å². The summed E-state index contributed by atoms with van der Waals surface area (Å²) in [4.78, 5) is 4.54. The lowest BCUT2D eigenvalue weighted by Gasteiger charge is -2.23. The quantitative estimate of drug-likeness (QED) is 0.113. The van der Waals surface area contributed by atoms with Gasteiger partial charge in [0, 0.05) is 66.9 Å². The number of sulfonamides is 2. The number of fused-ring (bicyclic) bond motifs is 1. The highest BCUT2D eigenvalue weighted by Crippen LogP contribution is 2.44. The fourth-order valence-corrected chi connectivity index (χ4v) is 8.96. The first-order valence-corrected chi connectivity index (χ1v) is 20.3. The van der Waals surface area contributed by atoms with Crippen molar-refractivity contribution in [2.24, 2.45) is 0 Å². The van der Waals surface area contributed by atoms with Crippen molar-refractivity contribution < 1.29 is 34.6 Å². The average molecular weight is 753 g/mol. The maximum absolute atomic E-state index is 13.0. The Labute approximate surface area is 305 Å². The Balaban J connectivity index is 1.72. The van der Waals surface area contributed by atoms with Crippen molar-refractivity contribution in [2.75, 3.05) is 48.3 Å². The third-order valence-electron chi connectivity index (χ3n) is 9.13. The normalized spacial score (nSPS) is 13.3. The smallest absolute Gasteiger partial charge is 0.428 e. The highest BCUT2D eigenvalue weighted by Gasteiger charge is 2.41. The predicted octanol–water partition coefficient (Wildman–Crippen LogP) is 8.43. The molecule has 4 aromatic carbocycles. The molecule has 0 saturated heterocycles. The Hall–Kier alpha value is -4.46. The van der Waals surface area contributed by atoms with Gasteiger partial charge in [0.15, 0.2) is 16.6 Å². The fraction of sp³-hybridized carbons (Fsp3) is 0.308. The summed E-state index contributed by atoms with van der Waals surface area (Å²) >= 11 is 0. The molecule has 276 valence electrons. The first kappa shape index (κ1) is 38.8. The maximum atomic E-state index is 13.0. The van der Waals surface area contributed by atoms with Crippen LogP contribution in [0.5, 0.6) is 0 Å². The van der Waals surface area contributed by atoms with Crippen LogP contribution in [0.4, 0.5) is 30.2 Å². The number of halogens is 3. The van der Waals surface area contributed by atoms with E-state index in [1.54, 1.807) is 0 Å². The maximum Gasteiger partial charge on any atom is 0.480 e. The first-order valence-electron chi connectivity index (χ1n) is 17.3. The average Bonchev–Trinajstić information content (AvgIpc) is 3.43. The van der Waals surface area contributed by atoms with E-state index in [-0.39, 0.29) is 13.0 Å². The van der Waals surface area contributed by atoms with E-state index >= 15 is 0 Å². The van der Waals surface area contributed by atoms with Crippen LogP contribution >= 0.6 is 0 Å². The minimum Gasteiger partial charge on any atom is -0.428 e. The van der Waals surface area contributed by atoms with E-state index in [1.807, 2.05) is 59.2 Å². The lowest BCUT2D eigenvalue weighted by atomic mass is 9.86. The predicted molar refractivity (Wildman–Crippen MR) is 204 cm³/mol. The van der Waals surface area contributed by atoms with Gasteiger partial charge in [0.25, 0.3) is 0 Å². The van der Waals surface area contributed by atoms with E-state index in [0.717, 1.165) is 82.4 Å². The molecule has 0 aliphatic carbocycles. The third kappa shape index (κ3) is 8.27. The van der Waals surface area contributed by atoms with E-state index in [9.17, 15) is 30.0 Å². The highest BCUT2D eigenvalue weighted by atomic mass is 32.3. The Kier molecular flexibility index (Phi) is 12.0. The molecule has 0 saturated carbocycles. The van der Waals surface area contributed by atoms with Gasteiger partial charge in [0.2, 0.25) is 11.4 Å². The van der Waals surface area contributed by atoms with Crippen LogP contribution < -0.4 is 9.80 Å². The minimum absolute atomic E-state index is 0.0562. The zero-order valence-electron chi connectivity index (χ0n) is 29.6. The Morgan fingerprint density at radius 2 is 1.15 bits per heavy atom. The van der Waals surface area contributed by atoms with Gasteiger partial charge < -0.3 is 13.9 Å². The fourth-order valence-electron chi connectivity index (χ4n) is 6.63. The van der Waals surface area contributed by atoms with Crippen molar-refractivity contribution in [3.8, 4) is 0 Å². The number of anilines is 2. The van der Waals surface area contributed by atoms with Crippen LogP contribution in [0.3, 0.4) is 0 Å². The molecule has 0 aromatic heterocycles. The molecule has 0 unspecified atom stereocenters. The number of benzene rings is 4. The summed E-state index contributed by atoms with van der Waals surface area (Å²) in [5.74, 6) is -0.894. The van der Waals surface area contributed by atoms with Gasteiger partial charge in [-0.1, -0.05) is 54.6 Å². The van der Waals surface area contributed by atoms with Crippen molar-refractivity contribution in [3.63, 3.8) is 0 Å². The Morgan fingerprint density at radius 3 is 1.63 bits per heavy atom. The molecule has 0 atom stereocenters. The molecule has 0 amide bonds. The van der Waals surface area contributed by atoms with Gasteiger partial charge in [0.1, 0.15) is 0 Å². The van der Waals surface area contributed by atoms with Crippen LogP contribution in [-0.4, -0.2) is 71.1 Å². The second-order valence-electron chi connectivity index (χ2n) is 12.2. The molecule has 13 heteroatoms. The van der Waals surface area contributed by atoms with Crippen molar-refractivity contribution in [3.05, 3.63) is 130 Å². The number of hydrogen-bond donors (Lipinski definition) is 0. The minimum atomic E-state index is -6.21. The van der Waals surface area contributed by atoms with E-state index in [2.05, 4.69) is 90.2 Å². The summed E-state index contributed by atoms with van der Waals surface area (Å²) in [6.45, 7) is 11.9. The van der Waals surface area contributed by atoms with Crippen LogP contribution in [0.25, 0.3) is 15.3 Å². The lowest BCUT2D eigenvalue weighted by molar-refractivity contribution is -0.436. The van der Waals surface area contributed by atoms with Crippen LogP contribution in [-0.2, 0) is 20.0 Å². The van der Waals surface area contributed by atoms with Gasteiger partial charge in [-0.15, -0.1) is 0 Å². The summed E-state index contributed by atoms with van der Waals surface area (Å²) < 4.78 is 91.4. The molecule has 1 aliphatic heterocycles. The molecule has 52 heavy (non-hydrogen) atoms. The molecule has 0 spiro atoms. The Bertz CT molecular complexity index is 2090. The molecule has 1 heterocycles. The summed E-state index contributed by atoms with van der Waals surface area (Å²) in [6, 6.07) is 34.2. The largest absolute Gasteiger partial charge is 0.480 e. The zero-order valence-corrected chi connectivity index (χ0v) is 31.3. The van der Waals surface area contributed by atoms with Gasteiger partial charge in [-0.25, -0.2) is 16.8 Å². The van der Waals surface area contributed by atoms with Crippen molar-refractivity contribution in [1.29, 1.82) is 0 Å². The van der Waals surface area contributed by atoms with Gasteiger partial charge in [-0.2, -0.15) is 17.7 Å². The second kappa shape index (κ2) is 16.1. The SMILES string of the molecule is CCN(CC)c1ccc(C(=C2C(c3ccccc3)=[N+](CCCS(=O)(=O)[N-]S(=O)(=O)C(F)(F)F)c3ccccc32)c2ccc(N(CC)CC)cc2)cc1. The van der Waals surface area contributed by atoms with Crippen LogP contribution in [0.2, 0.25) is 0 Å². The standard InChI is InChI=1S/C39H43F3N4O4S2/c1-5-44(6-2)32-23-19-29(20-24-32)36(30-21-25-33(26-22-30)45(7-3)8-4)37-34-17-12-13-18-35(34)46(38(37)31-15-10-9-11-16-31)27-14-28-51(47,48)43-52(49,50)39(40,41)42/h9-13,15-26H,5-8,14,27-28H2,1-4H3. The second-order valence-corrected chi connectivity index (χ2v) is 15.8. The number of nitrogens with zero attached hydrogens (tertiary/aromatic N) is 4. The van der Waals surface area contributed by atoms with Crippen molar-refractivity contribution in [2.45, 2.75) is 39.6 Å². The van der Waals surface area contributed by atoms with E-state index in [4.69, 9.17) is 0 Å². The topological polar surface area (TPSA) is 91.9 Å². The molecular weight excluding hydrogens is 710 g/mol. The van der Waals surface area contributed by atoms with Gasteiger partial charge >= 0.3 is 5.51 Å². The summed E-state index contributed by atoms with van der Waals surface area (Å²) in [5, 5.41) is 0. The first-order chi connectivity index (χ1) is 24.7. The monoisotopic (exact) mass is 752 g/mol. The molecule has 8 nitrogen and oxygen atoms in total. The Morgan fingerprint density at radius 1 is 0.673 bits per heavy atom. The zero-order chi connectivity index (χ0) is 37.7. The molecule has 4 aromatic rings. The molecule has 0 N–H and O–H groups in total. The number of alkyl halides is 3. The summed E-state index contributed by atoms with van der Waals surface area (Å²) in [5.41, 5.74) is 3.46. The number of rotatable bonds is 15. The molecule has 1 aliphatic rings. The summed E-state index contributed by atoms with van der Waals surface area (Å²) in [6.07, 6.45) is -0.191. The van der Waals surface area contributed by atoms with Crippen molar-refractivity contribution >= 4 is 54.0 Å². The third-order valence-corrected chi connectivity index (χ3v) is 12.2. The molecule has 0 radical (unpaired) electrons. The molecular formula is C39H43F3N4O4S2. The highest BCUT2D eigenvalue weighted by molar-refractivity contribution is 8.12. The van der Waals surface area contributed by atoms with Gasteiger partial charge in [-0.05, 0) is 81.3 Å². The lowest BCUT2D eigenvalue weighted by Crippen LogP contribution is -2.25. The van der Waals surface area contributed by atoms with Gasteiger partial charge in [0.05, 0.1) is 21.2 Å². The number of allylic oxidation sites excluding steroid dienone is 1. The molecule has 0 bridgehead atoms. The number of hydrogen-bond acceptors (Lipinski definition) is 6. The molecule has 5 rings (SSSR count). The van der Waals surface area contributed by atoms with Crippen molar-refractivity contribution in [1.82, 2.24) is 0 Å².